The summed E-state index contributed by atoms with van der Waals surface area (Å²) in [5.74, 6) is 0.874. The van der Waals surface area contributed by atoms with E-state index in [9.17, 15) is 0 Å². The van der Waals surface area contributed by atoms with E-state index in [2.05, 4.69) is 91.9 Å². The zero-order chi connectivity index (χ0) is 18.9. The monoisotopic (exact) mass is 360 g/mol. The summed E-state index contributed by atoms with van der Waals surface area (Å²) in [5.41, 5.74) is 5.51. The molecule has 0 radical (unpaired) electrons. The maximum Gasteiger partial charge on any atom is 0.129 e. The molecule has 5 rings (SSSR count). The van der Waals surface area contributed by atoms with Crippen LogP contribution in [0, 0.1) is 0 Å². The molecule has 0 fully saturated rings. The lowest BCUT2D eigenvalue weighted by Gasteiger charge is -2.13. The summed E-state index contributed by atoms with van der Waals surface area (Å²) in [6.45, 7) is 2.11. The van der Waals surface area contributed by atoms with Gasteiger partial charge in [0, 0.05) is 22.9 Å². The lowest BCUT2D eigenvalue weighted by molar-refractivity contribution is 0.964. The van der Waals surface area contributed by atoms with Crippen LogP contribution < -0.4 is 0 Å². The summed E-state index contributed by atoms with van der Waals surface area (Å²) in [7, 11) is 0. The predicted molar refractivity (Wildman–Crippen MR) is 117 cm³/mol. The molecule has 1 heterocycles. The van der Waals surface area contributed by atoms with Crippen molar-refractivity contribution >= 4 is 21.7 Å². The molecule has 0 aliphatic heterocycles. The summed E-state index contributed by atoms with van der Waals surface area (Å²) < 4.78 is 0. The fourth-order valence-corrected chi connectivity index (χ4v) is 3.85. The van der Waals surface area contributed by atoms with Crippen LogP contribution in [-0.2, 0) is 6.42 Å². The molecule has 4 aromatic carbocycles. The van der Waals surface area contributed by atoms with Gasteiger partial charge >= 0.3 is 0 Å². The summed E-state index contributed by atoms with van der Waals surface area (Å²) in [4.78, 5) is 9.83. The molecule has 0 atom stereocenters. The van der Waals surface area contributed by atoms with Gasteiger partial charge in [0.2, 0.25) is 0 Å². The molecule has 2 heteroatoms. The van der Waals surface area contributed by atoms with Crippen molar-refractivity contribution in [2.75, 3.05) is 0 Å². The summed E-state index contributed by atoms with van der Waals surface area (Å²) in [6.07, 6.45) is 0.805. The van der Waals surface area contributed by atoms with E-state index >= 15 is 0 Å². The first-order valence-corrected chi connectivity index (χ1v) is 9.68. The Morgan fingerprint density at radius 2 is 1.29 bits per heavy atom. The molecule has 0 aliphatic rings. The Morgan fingerprint density at radius 1 is 0.607 bits per heavy atom. The molecular formula is C26H20N2. The van der Waals surface area contributed by atoms with Crippen molar-refractivity contribution in [1.82, 2.24) is 9.97 Å². The summed E-state index contributed by atoms with van der Waals surface area (Å²) in [5, 5.41) is 3.58. The second-order valence-corrected chi connectivity index (χ2v) is 6.94. The average molecular weight is 360 g/mol. The largest absolute Gasteiger partial charge is 0.232 e. The number of fused-ring (bicyclic) bond motifs is 2. The highest BCUT2D eigenvalue weighted by Gasteiger charge is 2.14. The van der Waals surface area contributed by atoms with Gasteiger partial charge in [0.1, 0.15) is 5.82 Å². The van der Waals surface area contributed by atoms with E-state index in [4.69, 9.17) is 9.97 Å². The third-order valence-corrected chi connectivity index (χ3v) is 5.22. The van der Waals surface area contributed by atoms with Gasteiger partial charge < -0.3 is 0 Å². The number of aromatic nitrogens is 2. The molecule has 0 bridgehead atoms. The number of benzene rings is 4. The standard InChI is InChI=1S/C26H20N2/c1-2-24-27-25(19-11-4-3-5-12-19)23-17-9-16-22(26(23)28-24)21-15-8-13-18-10-6-7-14-20(18)21/h3-17H,2H2,1H3. The normalized spacial score (nSPS) is 11.2. The first kappa shape index (κ1) is 16.6. The van der Waals surface area contributed by atoms with Crippen molar-refractivity contribution in [2.24, 2.45) is 0 Å². The predicted octanol–water partition coefficient (Wildman–Crippen LogP) is 6.68. The maximum absolute atomic E-state index is 4.95. The lowest BCUT2D eigenvalue weighted by atomic mass is 9.95. The van der Waals surface area contributed by atoms with Crippen LogP contribution in [-0.4, -0.2) is 9.97 Å². The first-order valence-electron chi connectivity index (χ1n) is 9.68. The fourth-order valence-electron chi connectivity index (χ4n) is 3.85. The molecule has 0 aliphatic carbocycles. The van der Waals surface area contributed by atoms with Crippen LogP contribution in [0.4, 0.5) is 0 Å². The van der Waals surface area contributed by atoms with Gasteiger partial charge in [-0.1, -0.05) is 97.9 Å². The molecule has 0 unspecified atom stereocenters. The van der Waals surface area contributed by atoms with E-state index in [0.717, 1.165) is 40.0 Å². The van der Waals surface area contributed by atoms with Crippen molar-refractivity contribution in [1.29, 1.82) is 0 Å². The highest BCUT2D eigenvalue weighted by Crippen LogP contribution is 2.35. The summed E-state index contributed by atoms with van der Waals surface area (Å²) >= 11 is 0. The number of hydrogen-bond donors (Lipinski definition) is 0. The molecule has 134 valence electrons. The van der Waals surface area contributed by atoms with Crippen molar-refractivity contribution < 1.29 is 0 Å². The van der Waals surface area contributed by atoms with E-state index in [1.54, 1.807) is 0 Å². The number of aryl methyl sites for hydroxylation is 1. The van der Waals surface area contributed by atoms with Gasteiger partial charge in [-0.25, -0.2) is 9.97 Å². The van der Waals surface area contributed by atoms with Crippen molar-refractivity contribution in [3.8, 4) is 22.4 Å². The quantitative estimate of drug-likeness (QED) is 0.359. The van der Waals surface area contributed by atoms with Crippen LogP contribution in [0.15, 0.2) is 91.0 Å². The highest BCUT2D eigenvalue weighted by atomic mass is 14.9. The topological polar surface area (TPSA) is 25.8 Å². The van der Waals surface area contributed by atoms with Crippen LogP contribution in [0.2, 0.25) is 0 Å². The number of nitrogens with zero attached hydrogens (tertiary/aromatic N) is 2. The molecule has 0 spiro atoms. The van der Waals surface area contributed by atoms with Crippen molar-refractivity contribution in [3.63, 3.8) is 0 Å². The van der Waals surface area contributed by atoms with Crippen LogP contribution in [0.1, 0.15) is 12.7 Å². The Hall–Kier alpha value is -3.52. The van der Waals surface area contributed by atoms with Crippen molar-refractivity contribution in [2.45, 2.75) is 13.3 Å². The Morgan fingerprint density at radius 3 is 2.14 bits per heavy atom. The smallest absolute Gasteiger partial charge is 0.129 e. The van der Waals surface area contributed by atoms with Gasteiger partial charge in [-0.05, 0) is 16.3 Å². The van der Waals surface area contributed by atoms with Crippen molar-refractivity contribution in [3.05, 3.63) is 96.8 Å². The number of rotatable bonds is 3. The molecule has 28 heavy (non-hydrogen) atoms. The average Bonchev–Trinajstić information content (AvgIpc) is 2.78. The molecule has 0 N–H and O–H groups in total. The first-order chi connectivity index (χ1) is 13.8. The van der Waals surface area contributed by atoms with E-state index in [1.807, 2.05) is 6.07 Å². The van der Waals surface area contributed by atoms with Gasteiger partial charge in [-0.2, -0.15) is 0 Å². The van der Waals surface area contributed by atoms with Crippen LogP contribution in [0.3, 0.4) is 0 Å². The minimum absolute atomic E-state index is 0.805. The minimum Gasteiger partial charge on any atom is -0.232 e. The Labute approximate surface area is 164 Å². The molecule has 1 aromatic heterocycles. The molecule has 2 nitrogen and oxygen atoms in total. The zero-order valence-electron chi connectivity index (χ0n) is 15.8. The number of para-hydroxylation sites is 1. The SMILES string of the molecule is CCc1nc(-c2ccccc2)c2cccc(-c3cccc4ccccc34)c2n1. The third kappa shape index (κ3) is 2.74. The Bertz CT molecular complexity index is 1280. The molecule has 0 saturated carbocycles. The van der Waals surface area contributed by atoms with Gasteiger partial charge in [0.15, 0.2) is 0 Å². The van der Waals surface area contributed by atoms with E-state index in [1.165, 1.54) is 16.3 Å². The molecular weight excluding hydrogens is 340 g/mol. The van der Waals surface area contributed by atoms with Gasteiger partial charge in [0.05, 0.1) is 11.2 Å². The minimum atomic E-state index is 0.805. The third-order valence-electron chi connectivity index (χ3n) is 5.22. The van der Waals surface area contributed by atoms with Crippen LogP contribution in [0.5, 0.6) is 0 Å². The number of hydrogen-bond acceptors (Lipinski definition) is 2. The highest BCUT2D eigenvalue weighted by molar-refractivity contribution is 6.06. The lowest BCUT2D eigenvalue weighted by Crippen LogP contribution is -1.99. The summed E-state index contributed by atoms with van der Waals surface area (Å²) in [6, 6.07) is 31.8. The second kappa shape index (κ2) is 6.90. The zero-order valence-corrected chi connectivity index (χ0v) is 15.8. The Kier molecular flexibility index (Phi) is 4.10. The van der Waals surface area contributed by atoms with E-state index in [-0.39, 0.29) is 0 Å². The second-order valence-electron chi connectivity index (χ2n) is 6.94. The molecule has 5 aromatic rings. The van der Waals surface area contributed by atoms with Crippen LogP contribution in [0.25, 0.3) is 44.1 Å². The maximum atomic E-state index is 4.95. The van der Waals surface area contributed by atoms with Gasteiger partial charge in [0.25, 0.3) is 0 Å². The fraction of sp³-hybridized carbons (Fsp3) is 0.0769. The van der Waals surface area contributed by atoms with E-state index < -0.39 is 0 Å². The molecule has 0 amide bonds. The van der Waals surface area contributed by atoms with Gasteiger partial charge in [-0.15, -0.1) is 0 Å². The van der Waals surface area contributed by atoms with E-state index in [0.29, 0.717) is 0 Å². The van der Waals surface area contributed by atoms with Gasteiger partial charge in [-0.3, -0.25) is 0 Å². The Balaban J connectivity index is 1.86. The molecule has 0 saturated heterocycles. The van der Waals surface area contributed by atoms with Crippen LogP contribution >= 0.6 is 0 Å².